The summed E-state index contributed by atoms with van der Waals surface area (Å²) in [7, 11) is 1.49. The number of fused-ring (bicyclic) bond motifs is 2. The van der Waals surface area contributed by atoms with E-state index in [1.807, 2.05) is 44.2 Å². The summed E-state index contributed by atoms with van der Waals surface area (Å²) >= 11 is 0. The summed E-state index contributed by atoms with van der Waals surface area (Å²) in [6.07, 6.45) is 2.89. The van der Waals surface area contributed by atoms with E-state index in [9.17, 15) is 19.2 Å². The zero-order valence-corrected chi connectivity index (χ0v) is 26.3. The molecule has 2 bridgehead atoms. The predicted molar refractivity (Wildman–Crippen MR) is 169 cm³/mol. The van der Waals surface area contributed by atoms with Gasteiger partial charge in [-0.3, -0.25) is 19.2 Å². The number of nitrogens with two attached hydrogens (primary N) is 1. The molecule has 0 saturated carbocycles. The fourth-order valence-corrected chi connectivity index (χ4v) is 5.03. The quantitative estimate of drug-likeness (QED) is 0.235. The molecular weight excluding hydrogens is 592 g/mol. The van der Waals surface area contributed by atoms with E-state index in [4.69, 9.17) is 19.6 Å². The molecule has 0 aliphatic carbocycles. The second-order valence-corrected chi connectivity index (χ2v) is 11.3. The first-order valence-corrected chi connectivity index (χ1v) is 15.4. The second kappa shape index (κ2) is 16.4. The number of hydrogen-bond acceptors (Lipinski definition) is 9. The van der Waals surface area contributed by atoms with Crippen molar-refractivity contribution in [3.8, 4) is 11.5 Å². The Kier molecular flexibility index (Phi) is 12.1. The Balaban J connectivity index is 1.58. The van der Waals surface area contributed by atoms with Gasteiger partial charge in [0.05, 0.1) is 7.11 Å². The molecule has 0 spiro atoms. The number of benzene rings is 2. The summed E-state index contributed by atoms with van der Waals surface area (Å²) in [5, 5.41) is 11.4. The molecule has 1 aliphatic rings. The van der Waals surface area contributed by atoms with Crippen molar-refractivity contribution in [3.63, 3.8) is 0 Å². The molecule has 0 fully saturated rings. The van der Waals surface area contributed by atoms with Gasteiger partial charge < -0.3 is 40.9 Å². The van der Waals surface area contributed by atoms with E-state index in [2.05, 4.69) is 26.3 Å². The number of rotatable bonds is 9. The first kappa shape index (κ1) is 34.0. The number of aromatic nitrogens is 1. The summed E-state index contributed by atoms with van der Waals surface area (Å²) in [6.45, 7) is 4.46. The third kappa shape index (κ3) is 9.07. The molecule has 0 saturated heterocycles. The monoisotopic (exact) mass is 634 g/mol. The van der Waals surface area contributed by atoms with E-state index in [0.717, 1.165) is 5.56 Å². The molecular formula is C33H42N6O7. The van der Waals surface area contributed by atoms with Crippen molar-refractivity contribution in [2.24, 2.45) is 11.7 Å². The van der Waals surface area contributed by atoms with Gasteiger partial charge in [-0.25, -0.2) is 4.98 Å². The first-order valence-electron chi connectivity index (χ1n) is 15.4. The average molecular weight is 635 g/mol. The summed E-state index contributed by atoms with van der Waals surface area (Å²) in [5.74, 6) is -1.23. The van der Waals surface area contributed by atoms with E-state index < -0.39 is 41.8 Å². The Hall–Kier alpha value is -4.91. The van der Waals surface area contributed by atoms with Crippen LogP contribution in [0.1, 0.15) is 71.5 Å². The van der Waals surface area contributed by atoms with Gasteiger partial charge in [0.2, 0.25) is 17.7 Å². The summed E-state index contributed by atoms with van der Waals surface area (Å²) in [6, 6.07) is 11.5. The Morgan fingerprint density at radius 3 is 2.57 bits per heavy atom. The van der Waals surface area contributed by atoms with E-state index in [1.54, 1.807) is 12.1 Å². The molecule has 2 heterocycles. The number of hydrogen-bond donors (Lipinski definition) is 5. The minimum atomic E-state index is -0.965. The van der Waals surface area contributed by atoms with Gasteiger partial charge in [0.1, 0.15) is 31.0 Å². The fraction of sp³-hybridized carbons (Fsp3) is 0.424. The second-order valence-electron chi connectivity index (χ2n) is 11.3. The highest BCUT2D eigenvalue weighted by Crippen LogP contribution is 2.28. The molecule has 4 amide bonds. The maximum absolute atomic E-state index is 13.7. The Morgan fingerprint density at radius 1 is 1.07 bits per heavy atom. The molecule has 3 atom stereocenters. The largest absolute Gasteiger partial charge is 0.493 e. The topological polar surface area (TPSA) is 187 Å². The SMILES string of the molecule is COc1ccc(C(=O)N[C@H]2CCCCNC(=O)c3coc(n3)[C@@H](Cc3ccccc3)NC(=O)[C@H](C(C)C)NC2=O)cc1OCCN. The number of ether oxygens (including phenoxy) is 2. The number of methoxy groups -OCH3 is 1. The third-order valence-electron chi connectivity index (χ3n) is 7.53. The van der Waals surface area contributed by atoms with Gasteiger partial charge in [-0.15, -0.1) is 0 Å². The fourth-order valence-electron chi connectivity index (χ4n) is 5.03. The highest BCUT2D eigenvalue weighted by atomic mass is 16.5. The van der Waals surface area contributed by atoms with Crippen molar-refractivity contribution in [2.75, 3.05) is 26.8 Å². The number of nitrogens with zero attached hydrogens (tertiary/aromatic N) is 1. The molecule has 0 unspecified atom stereocenters. The lowest BCUT2D eigenvalue weighted by molar-refractivity contribution is -0.131. The minimum absolute atomic E-state index is 0.0996. The van der Waals surface area contributed by atoms with Gasteiger partial charge in [0.15, 0.2) is 17.2 Å². The van der Waals surface area contributed by atoms with Crippen LogP contribution < -0.4 is 36.5 Å². The predicted octanol–water partition coefficient (Wildman–Crippen LogP) is 2.27. The molecule has 246 valence electrons. The van der Waals surface area contributed by atoms with Crippen LogP contribution in [0.2, 0.25) is 0 Å². The Morgan fingerprint density at radius 2 is 1.85 bits per heavy atom. The Bertz CT molecular complexity index is 1490. The average Bonchev–Trinajstić information content (AvgIpc) is 3.55. The maximum atomic E-state index is 13.7. The Labute approximate surface area is 268 Å². The first-order chi connectivity index (χ1) is 22.2. The highest BCUT2D eigenvalue weighted by molar-refractivity contribution is 5.99. The molecule has 6 N–H and O–H groups in total. The van der Waals surface area contributed by atoms with Crippen LogP contribution >= 0.6 is 0 Å². The van der Waals surface area contributed by atoms with Crippen molar-refractivity contribution in [1.82, 2.24) is 26.3 Å². The zero-order chi connectivity index (χ0) is 33.1. The number of carbonyl (C=O) groups is 4. The minimum Gasteiger partial charge on any atom is -0.493 e. The molecule has 13 heteroatoms. The summed E-state index contributed by atoms with van der Waals surface area (Å²) < 4.78 is 16.6. The van der Waals surface area contributed by atoms with Crippen LogP contribution in [-0.2, 0) is 16.0 Å². The van der Waals surface area contributed by atoms with Gasteiger partial charge in [0.25, 0.3) is 11.8 Å². The van der Waals surface area contributed by atoms with Crippen LogP contribution in [0, 0.1) is 5.92 Å². The highest BCUT2D eigenvalue weighted by Gasteiger charge is 2.32. The van der Waals surface area contributed by atoms with Crippen molar-refractivity contribution >= 4 is 23.6 Å². The van der Waals surface area contributed by atoms with Crippen LogP contribution in [0.3, 0.4) is 0 Å². The molecule has 13 nitrogen and oxygen atoms in total. The molecule has 1 aromatic heterocycles. The normalized spacial score (nSPS) is 19.5. The van der Waals surface area contributed by atoms with Gasteiger partial charge in [-0.05, 0) is 48.9 Å². The smallest absolute Gasteiger partial charge is 0.273 e. The number of oxazole rings is 1. The van der Waals surface area contributed by atoms with Crippen molar-refractivity contribution in [1.29, 1.82) is 0 Å². The zero-order valence-electron chi connectivity index (χ0n) is 26.3. The van der Waals surface area contributed by atoms with Crippen LogP contribution in [0.4, 0.5) is 0 Å². The van der Waals surface area contributed by atoms with E-state index >= 15 is 0 Å². The number of nitrogens with one attached hydrogen (secondary N) is 4. The molecule has 4 rings (SSSR count). The van der Waals surface area contributed by atoms with E-state index in [-0.39, 0.29) is 42.6 Å². The number of amides is 4. The van der Waals surface area contributed by atoms with Gasteiger partial charge in [-0.1, -0.05) is 44.2 Å². The van der Waals surface area contributed by atoms with E-state index in [1.165, 1.54) is 19.4 Å². The standard InChI is InChI=1S/C33H42N6O7/c1-20(2)28-32(43)37-24(17-21-9-5-4-6-10-21)33-38-25(19-46-33)30(41)35-15-8-7-11-23(31(42)39-28)36-29(40)22-12-13-26(44-3)27(18-22)45-16-14-34/h4-6,9-10,12-13,18-20,23-24,28H,7-8,11,14-17,34H2,1-3H3,(H,35,41)(H,36,40)(H,37,43)(H,39,42)/t23-,24+,28-/m0/s1. The molecule has 3 aromatic rings. The molecule has 46 heavy (non-hydrogen) atoms. The number of carbonyl (C=O) groups excluding carboxylic acids is 4. The van der Waals surface area contributed by atoms with Crippen molar-refractivity contribution in [2.45, 2.75) is 57.7 Å². The lowest BCUT2D eigenvalue weighted by Crippen LogP contribution is -2.56. The maximum Gasteiger partial charge on any atom is 0.273 e. The van der Waals surface area contributed by atoms with Crippen LogP contribution in [-0.4, -0.2) is 67.5 Å². The summed E-state index contributed by atoms with van der Waals surface area (Å²) in [4.78, 5) is 58.0. The van der Waals surface area contributed by atoms with Crippen LogP contribution in [0.5, 0.6) is 11.5 Å². The van der Waals surface area contributed by atoms with Crippen molar-refractivity contribution in [3.05, 3.63) is 77.5 Å². The van der Waals surface area contributed by atoms with Crippen molar-refractivity contribution < 1.29 is 33.1 Å². The lowest BCUT2D eigenvalue weighted by Gasteiger charge is -2.27. The summed E-state index contributed by atoms with van der Waals surface area (Å²) in [5.41, 5.74) is 6.83. The van der Waals surface area contributed by atoms with Gasteiger partial charge in [0, 0.05) is 25.1 Å². The van der Waals surface area contributed by atoms with Gasteiger partial charge >= 0.3 is 0 Å². The van der Waals surface area contributed by atoms with Crippen LogP contribution in [0.25, 0.3) is 0 Å². The van der Waals surface area contributed by atoms with Crippen LogP contribution in [0.15, 0.2) is 59.2 Å². The third-order valence-corrected chi connectivity index (χ3v) is 7.53. The molecule has 2 aromatic carbocycles. The molecule has 0 radical (unpaired) electrons. The molecule has 1 aliphatic heterocycles. The lowest BCUT2D eigenvalue weighted by atomic mass is 10.00. The van der Waals surface area contributed by atoms with E-state index in [0.29, 0.717) is 37.3 Å². The van der Waals surface area contributed by atoms with Gasteiger partial charge in [-0.2, -0.15) is 0 Å².